The second kappa shape index (κ2) is 8.99. The number of carbonyl (C=O) groups is 2. The summed E-state index contributed by atoms with van der Waals surface area (Å²) in [5.74, 6) is -0.0501. The minimum atomic E-state index is -0.475. The predicted octanol–water partition coefficient (Wildman–Crippen LogP) is 4.22. The van der Waals surface area contributed by atoms with Crippen molar-refractivity contribution in [3.63, 3.8) is 0 Å². The molecule has 1 fully saturated rings. The molecule has 0 radical (unpaired) electrons. The number of nitrogens with zero attached hydrogens (tertiary/aromatic N) is 1. The highest BCUT2D eigenvalue weighted by molar-refractivity contribution is 5.96. The van der Waals surface area contributed by atoms with Crippen molar-refractivity contribution in [3.8, 4) is 0 Å². The Morgan fingerprint density at radius 1 is 0.967 bits per heavy atom. The maximum Gasteiger partial charge on any atom is 0.290 e. The van der Waals surface area contributed by atoms with Gasteiger partial charge < -0.3 is 14.6 Å². The molecule has 0 saturated carbocycles. The molecule has 0 aliphatic carbocycles. The zero-order valence-corrected chi connectivity index (χ0v) is 17.0. The fourth-order valence-electron chi connectivity index (χ4n) is 4.32. The molecule has 0 unspecified atom stereocenters. The van der Waals surface area contributed by atoms with Gasteiger partial charge in [0.25, 0.3) is 5.91 Å². The molecule has 0 spiro atoms. The Morgan fingerprint density at radius 3 is 2.17 bits per heavy atom. The molecule has 2 amide bonds. The van der Waals surface area contributed by atoms with Crippen molar-refractivity contribution in [1.82, 2.24) is 10.2 Å². The van der Waals surface area contributed by atoms with E-state index in [0.717, 1.165) is 17.5 Å². The molecule has 1 aliphatic heterocycles. The van der Waals surface area contributed by atoms with Crippen LogP contribution in [0.2, 0.25) is 0 Å². The van der Waals surface area contributed by atoms with E-state index in [1.54, 1.807) is 17.0 Å². The molecule has 0 bridgehead atoms. The summed E-state index contributed by atoms with van der Waals surface area (Å²) in [6.45, 7) is 2.59. The standard InChI is InChI=1S/C25H26N2O3/c1-18(23(19-10-4-2-5-11-19)20-12-6-3-7-13-20)26-24(28)21-14-8-16-27(21)25(29)22-15-9-17-30-22/h2-7,9-13,15,17-18,21,23H,8,14,16H2,1H3,(H,26,28)/t18-,21-/m1/s1. The fraction of sp³-hybridized carbons (Fsp3) is 0.280. The number of hydrogen-bond acceptors (Lipinski definition) is 3. The molecule has 30 heavy (non-hydrogen) atoms. The Hall–Kier alpha value is -3.34. The van der Waals surface area contributed by atoms with Gasteiger partial charge in [-0.3, -0.25) is 9.59 Å². The lowest BCUT2D eigenvalue weighted by Gasteiger charge is -2.29. The average Bonchev–Trinajstić information content (AvgIpc) is 3.47. The lowest BCUT2D eigenvalue weighted by Crippen LogP contribution is -2.49. The molecule has 2 heterocycles. The number of rotatable bonds is 6. The lowest BCUT2D eigenvalue weighted by atomic mass is 9.85. The molecule has 1 aliphatic rings. The second-order valence-electron chi connectivity index (χ2n) is 7.73. The van der Waals surface area contributed by atoms with E-state index < -0.39 is 6.04 Å². The zero-order valence-electron chi connectivity index (χ0n) is 17.0. The zero-order chi connectivity index (χ0) is 20.9. The fourth-order valence-corrected chi connectivity index (χ4v) is 4.32. The number of carbonyl (C=O) groups excluding carboxylic acids is 2. The predicted molar refractivity (Wildman–Crippen MR) is 115 cm³/mol. The van der Waals surface area contributed by atoms with E-state index in [9.17, 15) is 9.59 Å². The number of likely N-dealkylation sites (tertiary alicyclic amines) is 1. The van der Waals surface area contributed by atoms with Crippen LogP contribution in [-0.2, 0) is 4.79 Å². The summed E-state index contributed by atoms with van der Waals surface area (Å²) >= 11 is 0. The number of hydrogen-bond donors (Lipinski definition) is 1. The van der Waals surface area contributed by atoms with E-state index in [-0.39, 0.29) is 29.5 Å². The summed E-state index contributed by atoms with van der Waals surface area (Å²) in [6.07, 6.45) is 2.94. The van der Waals surface area contributed by atoms with Gasteiger partial charge in [-0.25, -0.2) is 0 Å². The number of furan rings is 1. The quantitative estimate of drug-likeness (QED) is 0.671. The van der Waals surface area contributed by atoms with Crippen molar-refractivity contribution in [2.24, 2.45) is 0 Å². The third kappa shape index (κ3) is 4.15. The van der Waals surface area contributed by atoms with Crippen LogP contribution in [0, 0.1) is 0 Å². The summed E-state index contributed by atoms with van der Waals surface area (Å²) in [4.78, 5) is 27.5. The molecule has 3 aromatic rings. The molecule has 2 aromatic carbocycles. The molecule has 1 N–H and O–H groups in total. The van der Waals surface area contributed by atoms with Crippen molar-refractivity contribution in [1.29, 1.82) is 0 Å². The molecule has 5 heteroatoms. The normalized spacial score (nSPS) is 17.1. The van der Waals surface area contributed by atoms with Gasteiger partial charge >= 0.3 is 0 Å². The Labute approximate surface area is 176 Å². The molecular formula is C25H26N2O3. The summed E-state index contributed by atoms with van der Waals surface area (Å²) in [6, 6.07) is 23.1. The minimum absolute atomic E-state index is 0.0204. The SMILES string of the molecule is C[C@@H](NC(=O)[C@H]1CCCN1C(=O)c1ccco1)C(c1ccccc1)c1ccccc1. The van der Waals surface area contributed by atoms with Crippen LogP contribution >= 0.6 is 0 Å². The van der Waals surface area contributed by atoms with Crippen LogP contribution in [0.1, 0.15) is 47.4 Å². The highest BCUT2D eigenvalue weighted by Crippen LogP contribution is 2.29. The Kier molecular flexibility index (Phi) is 5.98. The minimum Gasteiger partial charge on any atom is -0.459 e. The average molecular weight is 402 g/mol. The number of amides is 2. The smallest absolute Gasteiger partial charge is 0.290 e. The van der Waals surface area contributed by atoms with E-state index >= 15 is 0 Å². The summed E-state index contributed by atoms with van der Waals surface area (Å²) in [5, 5.41) is 3.19. The maximum absolute atomic E-state index is 13.2. The van der Waals surface area contributed by atoms with E-state index in [1.807, 2.05) is 43.3 Å². The van der Waals surface area contributed by atoms with Gasteiger partial charge in [0.1, 0.15) is 6.04 Å². The van der Waals surface area contributed by atoms with Crippen LogP contribution in [0.15, 0.2) is 83.5 Å². The molecule has 1 aromatic heterocycles. The van der Waals surface area contributed by atoms with Crippen LogP contribution < -0.4 is 5.32 Å². The van der Waals surface area contributed by atoms with Gasteiger partial charge in [0.2, 0.25) is 5.91 Å². The number of nitrogens with one attached hydrogen (secondary N) is 1. The Balaban J connectivity index is 1.53. The monoisotopic (exact) mass is 402 g/mol. The van der Waals surface area contributed by atoms with Gasteiger partial charge in [-0.2, -0.15) is 0 Å². The third-order valence-corrected chi connectivity index (χ3v) is 5.74. The molecular weight excluding hydrogens is 376 g/mol. The van der Waals surface area contributed by atoms with Gasteiger partial charge in [-0.05, 0) is 43.0 Å². The first-order chi connectivity index (χ1) is 14.6. The first kappa shape index (κ1) is 20.0. The van der Waals surface area contributed by atoms with Crippen LogP contribution in [-0.4, -0.2) is 35.3 Å². The van der Waals surface area contributed by atoms with E-state index in [0.29, 0.717) is 13.0 Å². The van der Waals surface area contributed by atoms with Crippen molar-refractivity contribution < 1.29 is 14.0 Å². The van der Waals surface area contributed by atoms with Gasteiger partial charge in [0.15, 0.2) is 5.76 Å². The highest BCUT2D eigenvalue weighted by atomic mass is 16.3. The summed E-state index contributed by atoms with van der Waals surface area (Å²) in [5.41, 5.74) is 2.29. The van der Waals surface area contributed by atoms with Gasteiger partial charge in [-0.1, -0.05) is 60.7 Å². The van der Waals surface area contributed by atoms with Gasteiger partial charge in [-0.15, -0.1) is 0 Å². The van der Waals surface area contributed by atoms with Crippen LogP contribution in [0.3, 0.4) is 0 Å². The molecule has 5 nitrogen and oxygen atoms in total. The molecule has 2 atom stereocenters. The lowest BCUT2D eigenvalue weighted by molar-refractivity contribution is -0.125. The van der Waals surface area contributed by atoms with Crippen molar-refractivity contribution in [2.45, 2.75) is 37.8 Å². The Bertz CT molecular complexity index is 931. The van der Waals surface area contributed by atoms with Crippen molar-refractivity contribution in [2.75, 3.05) is 6.54 Å². The largest absolute Gasteiger partial charge is 0.459 e. The van der Waals surface area contributed by atoms with Crippen molar-refractivity contribution in [3.05, 3.63) is 95.9 Å². The topological polar surface area (TPSA) is 62.6 Å². The van der Waals surface area contributed by atoms with E-state index in [4.69, 9.17) is 4.42 Å². The first-order valence-corrected chi connectivity index (χ1v) is 10.4. The molecule has 154 valence electrons. The van der Waals surface area contributed by atoms with Gasteiger partial charge in [0, 0.05) is 18.5 Å². The van der Waals surface area contributed by atoms with Crippen molar-refractivity contribution >= 4 is 11.8 Å². The van der Waals surface area contributed by atoms with Crippen LogP contribution in [0.4, 0.5) is 0 Å². The van der Waals surface area contributed by atoms with Gasteiger partial charge in [0.05, 0.1) is 6.26 Å². The maximum atomic E-state index is 13.2. The third-order valence-electron chi connectivity index (χ3n) is 5.74. The first-order valence-electron chi connectivity index (χ1n) is 10.4. The molecule has 1 saturated heterocycles. The summed E-state index contributed by atoms with van der Waals surface area (Å²) in [7, 11) is 0. The van der Waals surface area contributed by atoms with E-state index in [2.05, 4.69) is 29.6 Å². The highest BCUT2D eigenvalue weighted by Gasteiger charge is 2.36. The van der Waals surface area contributed by atoms with E-state index in [1.165, 1.54) is 6.26 Å². The second-order valence-corrected chi connectivity index (χ2v) is 7.73. The Morgan fingerprint density at radius 2 is 1.60 bits per heavy atom. The van der Waals surface area contributed by atoms with Crippen LogP contribution in [0.25, 0.3) is 0 Å². The summed E-state index contributed by atoms with van der Waals surface area (Å²) < 4.78 is 5.25. The van der Waals surface area contributed by atoms with Crippen LogP contribution in [0.5, 0.6) is 0 Å². The number of benzene rings is 2. The molecule has 4 rings (SSSR count).